The van der Waals surface area contributed by atoms with E-state index in [1.807, 2.05) is 0 Å². The Morgan fingerprint density at radius 2 is 2.10 bits per heavy atom. The number of nitrogens with one attached hydrogen (secondary N) is 2. The second kappa shape index (κ2) is 9.31. The summed E-state index contributed by atoms with van der Waals surface area (Å²) in [5.41, 5.74) is 1.56. The normalized spacial score (nSPS) is 10.6. The summed E-state index contributed by atoms with van der Waals surface area (Å²) < 4.78 is 24.1. The van der Waals surface area contributed by atoms with Gasteiger partial charge in [-0.2, -0.15) is 0 Å². The minimum atomic E-state index is -0.517. The van der Waals surface area contributed by atoms with Crippen LogP contribution in [0.15, 0.2) is 49.3 Å². The van der Waals surface area contributed by atoms with Crippen molar-refractivity contribution in [1.82, 2.24) is 9.97 Å². The number of carbonyl (C=O) groups is 1. The summed E-state index contributed by atoms with van der Waals surface area (Å²) in [6.45, 7) is 4.14. The zero-order chi connectivity index (χ0) is 20.8. The fourth-order valence-corrected chi connectivity index (χ4v) is 2.71. The highest BCUT2D eigenvalue weighted by Crippen LogP contribution is 2.33. The monoisotopic (exact) mass is 416 g/mol. The van der Waals surface area contributed by atoms with Gasteiger partial charge in [0, 0.05) is 24.2 Å². The summed E-state index contributed by atoms with van der Waals surface area (Å²) in [5.74, 6) is -0.0240. The quantitative estimate of drug-likeness (QED) is 0.420. The Labute approximate surface area is 171 Å². The lowest BCUT2D eigenvalue weighted by atomic mass is 10.1. The van der Waals surface area contributed by atoms with Gasteiger partial charge < -0.3 is 20.1 Å². The van der Waals surface area contributed by atoms with Crippen LogP contribution in [0.3, 0.4) is 0 Å². The molecule has 0 saturated carbocycles. The Hall–Kier alpha value is -3.23. The van der Waals surface area contributed by atoms with Gasteiger partial charge in [0.15, 0.2) is 0 Å². The molecule has 150 valence electrons. The Morgan fingerprint density at radius 3 is 2.83 bits per heavy atom. The molecule has 1 amide bonds. The van der Waals surface area contributed by atoms with E-state index >= 15 is 0 Å². The number of nitrogens with zero attached hydrogens (tertiary/aromatic N) is 2. The minimum absolute atomic E-state index is 0.0128. The van der Waals surface area contributed by atoms with E-state index in [1.165, 1.54) is 24.5 Å². The summed E-state index contributed by atoms with van der Waals surface area (Å²) in [5, 5.41) is 6.40. The largest absolute Gasteiger partial charge is 0.489 e. The smallest absolute Gasteiger partial charge is 0.247 e. The van der Waals surface area contributed by atoms with Gasteiger partial charge in [-0.15, -0.1) is 0 Å². The Balaban J connectivity index is 2.02. The van der Waals surface area contributed by atoms with E-state index in [-0.39, 0.29) is 5.02 Å². The molecule has 0 radical (unpaired) electrons. The third kappa shape index (κ3) is 4.98. The van der Waals surface area contributed by atoms with E-state index < -0.39 is 11.7 Å². The molecule has 0 aliphatic heterocycles. The predicted octanol–water partition coefficient (Wildman–Crippen LogP) is 4.32. The van der Waals surface area contributed by atoms with Crippen molar-refractivity contribution in [1.29, 1.82) is 0 Å². The second-order valence-corrected chi connectivity index (χ2v) is 6.28. The second-order valence-electron chi connectivity index (χ2n) is 5.88. The third-order valence-corrected chi connectivity index (χ3v) is 4.20. The molecule has 0 unspecified atom stereocenters. The highest BCUT2D eigenvalue weighted by atomic mass is 35.5. The molecule has 1 aromatic heterocycles. The van der Waals surface area contributed by atoms with Gasteiger partial charge in [-0.25, -0.2) is 14.4 Å². The first-order valence-corrected chi connectivity index (χ1v) is 8.95. The van der Waals surface area contributed by atoms with Gasteiger partial charge in [-0.3, -0.25) is 4.79 Å². The van der Waals surface area contributed by atoms with Crippen molar-refractivity contribution < 1.29 is 18.7 Å². The van der Waals surface area contributed by atoms with Gasteiger partial charge in [0.2, 0.25) is 5.91 Å². The van der Waals surface area contributed by atoms with Crippen molar-refractivity contribution in [3.63, 3.8) is 0 Å². The van der Waals surface area contributed by atoms with Crippen LogP contribution in [0.4, 0.5) is 21.6 Å². The van der Waals surface area contributed by atoms with E-state index in [2.05, 4.69) is 27.2 Å². The first kappa shape index (κ1) is 20.5. The van der Waals surface area contributed by atoms with E-state index in [0.717, 1.165) is 6.08 Å². The number of halogens is 2. The van der Waals surface area contributed by atoms with Gasteiger partial charge in [-0.1, -0.05) is 18.2 Å². The maximum Gasteiger partial charge on any atom is 0.247 e. The number of ether oxygens (including phenoxy) is 2. The van der Waals surface area contributed by atoms with Crippen LogP contribution in [-0.4, -0.2) is 36.2 Å². The van der Waals surface area contributed by atoms with Crippen molar-refractivity contribution >= 4 is 45.6 Å². The molecule has 0 atom stereocenters. The van der Waals surface area contributed by atoms with E-state index in [1.54, 1.807) is 19.2 Å². The average Bonchev–Trinajstić information content (AvgIpc) is 2.71. The summed E-state index contributed by atoms with van der Waals surface area (Å²) in [7, 11) is 1.57. The van der Waals surface area contributed by atoms with Gasteiger partial charge in [0.25, 0.3) is 0 Å². The number of carbonyl (C=O) groups excluding carboxylic acids is 1. The molecular weight excluding hydrogens is 399 g/mol. The Morgan fingerprint density at radius 1 is 1.28 bits per heavy atom. The predicted molar refractivity (Wildman–Crippen MR) is 110 cm³/mol. The average molecular weight is 417 g/mol. The number of hydrogen-bond acceptors (Lipinski definition) is 6. The number of methoxy groups -OCH3 is 1. The molecule has 3 rings (SSSR count). The number of rotatable bonds is 8. The van der Waals surface area contributed by atoms with Crippen LogP contribution in [-0.2, 0) is 9.53 Å². The summed E-state index contributed by atoms with van der Waals surface area (Å²) in [4.78, 5) is 20.3. The maximum absolute atomic E-state index is 13.4. The molecule has 9 heteroatoms. The van der Waals surface area contributed by atoms with Crippen molar-refractivity contribution in [2.45, 2.75) is 0 Å². The molecule has 0 aliphatic rings. The highest BCUT2D eigenvalue weighted by Gasteiger charge is 2.13. The van der Waals surface area contributed by atoms with Crippen molar-refractivity contribution in [3.8, 4) is 5.75 Å². The molecule has 2 aromatic carbocycles. The Bertz CT molecular complexity index is 1060. The highest BCUT2D eigenvalue weighted by molar-refractivity contribution is 6.31. The first-order valence-electron chi connectivity index (χ1n) is 8.58. The van der Waals surface area contributed by atoms with Crippen molar-refractivity contribution in [3.05, 3.63) is 60.2 Å². The number of benzene rings is 2. The van der Waals surface area contributed by atoms with Crippen LogP contribution >= 0.6 is 11.6 Å². The number of aromatic nitrogens is 2. The van der Waals surface area contributed by atoms with Gasteiger partial charge in [0.1, 0.15) is 30.3 Å². The molecule has 2 N–H and O–H groups in total. The lowest BCUT2D eigenvalue weighted by Gasteiger charge is -2.15. The van der Waals surface area contributed by atoms with Crippen LogP contribution in [0.1, 0.15) is 0 Å². The third-order valence-electron chi connectivity index (χ3n) is 3.91. The summed E-state index contributed by atoms with van der Waals surface area (Å²) in [6, 6.07) is 7.62. The zero-order valence-corrected chi connectivity index (χ0v) is 16.3. The fraction of sp³-hybridized carbons (Fsp3) is 0.150. The van der Waals surface area contributed by atoms with E-state index in [9.17, 15) is 9.18 Å². The molecule has 0 saturated heterocycles. The first-order chi connectivity index (χ1) is 14.0. The number of anilines is 3. The maximum atomic E-state index is 13.4. The number of fused-ring (bicyclic) bond motifs is 1. The van der Waals surface area contributed by atoms with Crippen LogP contribution in [0.25, 0.3) is 10.9 Å². The van der Waals surface area contributed by atoms with Crippen LogP contribution < -0.4 is 15.4 Å². The summed E-state index contributed by atoms with van der Waals surface area (Å²) >= 11 is 5.85. The molecule has 0 aliphatic carbocycles. The van der Waals surface area contributed by atoms with Crippen LogP contribution in [0, 0.1) is 5.82 Å². The van der Waals surface area contributed by atoms with Gasteiger partial charge >= 0.3 is 0 Å². The number of hydrogen-bond donors (Lipinski definition) is 2. The summed E-state index contributed by atoms with van der Waals surface area (Å²) in [6.07, 6.45) is 2.54. The van der Waals surface area contributed by atoms with E-state index in [4.69, 9.17) is 21.1 Å². The fourth-order valence-electron chi connectivity index (χ4n) is 2.53. The van der Waals surface area contributed by atoms with Gasteiger partial charge in [-0.05, 0) is 30.3 Å². The van der Waals surface area contributed by atoms with Crippen molar-refractivity contribution in [2.24, 2.45) is 0 Å². The zero-order valence-electron chi connectivity index (χ0n) is 15.5. The topological polar surface area (TPSA) is 85.4 Å². The molecule has 29 heavy (non-hydrogen) atoms. The van der Waals surface area contributed by atoms with Crippen LogP contribution in [0.5, 0.6) is 5.75 Å². The number of amides is 1. The standard InChI is InChI=1S/C20H18ClFN4O3/c1-3-19(27)26-17-9-13-16(10-18(17)29-7-6-28-2)23-11-24-20(13)25-12-4-5-15(22)14(21)8-12/h3-5,8-11H,1,6-7H2,2H3,(H,26,27)(H,23,24,25). The van der Waals surface area contributed by atoms with Gasteiger partial charge in [0.05, 0.1) is 22.8 Å². The molecular formula is C20H18ClFN4O3. The van der Waals surface area contributed by atoms with E-state index in [0.29, 0.717) is 47.1 Å². The molecule has 0 bridgehead atoms. The molecule has 0 fully saturated rings. The molecule has 0 spiro atoms. The SMILES string of the molecule is C=CC(=O)Nc1cc2c(Nc3ccc(F)c(Cl)c3)ncnc2cc1OCCOC. The Kier molecular flexibility index (Phi) is 6.58. The molecule has 1 heterocycles. The van der Waals surface area contributed by atoms with Crippen LogP contribution in [0.2, 0.25) is 5.02 Å². The molecule has 3 aromatic rings. The lowest BCUT2D eigenvalue weighted by molar-refractivity contribution is -0.111. The molecule has 7 nitrogen and oxygen atoms in total. The lowest BCUT2D eigenvalue weighted by Crippen LogP contribution is -2.11. The van der Waals surface area contributed by atoms with Crippen molar-refractivity contribution in [2.75, 3.05) is 31.0 Å². The minimum Gasteiger partial charge on any atom is -0.489 e.